The quantitative estimate of drug-likeness (QED) is 0.389. The molecule has 0 saturated carbocycles. The van der Waals surface area contributed by atoms with E-state index in [1.165, 1.54) is 5.56 Å². The maximum Gasteiger partial charge on any atom is 0.519 e. The Kier molecular flexibility index (Phi) is 6.05. The van der Waals surface area contributed by atoms with Crippen molar-refractivity contribution in [2.45, 2.75) is 26.2 Å². The molecule has 0 spiro atoms. The second kappa shape index (κ2) is 8.86. The number of hydrogen-bond acceptors (Lipinski definition) is 3. The number of hydrogen-bond donors (Lipinski definition) is 0. The van der Waals surface area contributed by atoms with Gasteiger partial charge in [0, 0.05) is 0 Å². The Morgan fingerprint density at radius 1 is 0.731 bits per heavy atom. The predicted octanol–water partition coefficient (Wildman–Crippen LogP) is 6.27. The fourth-order valence-corrected chi connectivity index (χ4v) is 2.66. The minimum absolute atomic E-state index is 0.453. The van der Waals surface area contributed by atoms with Crippen molar-refractivity contribution in [3.63, 3.8) is 0 Å². The van der Waals surface area contributed by atoms with Gasteiger partial charge in [-0.2, -0.15) is 0 Å². The normalized spacial score (nSPS) is 10.3. The number of benzene rings is 3. The lowest BCUT2D eigenvalue weighted by Gasteiger charge is -2.07. The van der Waals surface area contributed by atoms with Gasteiger partial charge in [-0.15, -0.1) is 0 Å². The van der Waals surface area contributed by atoms with Gasteiger partial charge in [0.2, 0.25) is 0 Å². The van der Waals surface area contributed by atoms with E-state index in [0.717, 1.165) is 30.4 Å². The molecule has 0 unspecified atom stereocenters. The zero-order valence-corrected chi connectivity index (χ0v) is 14.9. The van der Waals surface area contributed by atoms with Gasteiger partial charge in [0.05, 0.1) is 0 Å². The van der Waals surface area contributed by atoms with E-state index in [-0.39, 0.29) is 0 Å². The van der Waals surface area contributed by atoms with E-state index in [9.17, 15) is 4.79 Å². The lowest BCUT2D eigenvalue weighted by molar-refractivity contribution is 0.152. The lowest BCUT2D eigenvalue weighted by atomic mass is 10.1. The van der Waals surface area contributed by atoms with E-state index in [4.69, 9.17) is 9.47 Å². The fourth-order valence-electron chi connectivity index (χ4n) is 2.66. The number of aryl methyl sites for hydroxylation is 1. The van der Waals surface area contributed by atoms with Crippen molar-refractivity contribution in [1.82, 2.24) is 0 Å². The maximum atomic E-state index is 11.9. The van der Waals surface area contributed by atoms with Gasteiger partial charge in [-0.1, -0.05) is 67.9 Å². The van der Waals surface area contributed by atoms with Crippen molar-refractivity contribution in [3.05, 3.63) is 84.4 Å². The predicted molar refractivity (Wildman–Crippen MR) is 104 cm³/mol. The number of carbonyl (C=O) groups is 1. The standard InChI is InChI=1S/C23H22O3/c1-2-3-7-18-10-14-21(15-11-18)25-23(24)26-22-16-12-20(13-17-22)19-8-5-4-6-9-19/h4-6,8-17H,2-3,7H2,1H3. The Labute approximate surface area is 154 Å². The molecule has 0 radical (unpaired) electrons. The molecule has 0 aliphatic rings. The Hall–Kier alpha value is -3.07. The largest absolute Gasteiger partial charge is 0.519 e. The summed E-state index contributed by atoms with van der Waals surface area (Å²) in [6, 6.07) is 24.9. The van der Waals surface area contributed by atoms with Crippen molar-refractivity contribution in [2.75, 3.05) is 0 Å². The first kappa shape index (κ1) is 17.7. The van der Waals surface area contributed by atoms with Crippen LogP contribution in [0.4, 0.5) is 4.79 Å². The fraction of sp³-hybridized carbons (Fsp3) is 0.174. The van der Waals surface area contributed by atoms with E-state index in [0.29, 0.717) is 11.5 Å². The van der Waals surface area contributed by atoms with Crippen LogP contribution in [0.15, 0.2) is 78.9 Å². The highest BCUT2D eigenvalue weighted by Gasteiger charge is 2.08. The second-order valence-electron chi connectivity index (χ2n) is 6.09. The van der Waals surface area contributed by atoms with E-state index in [1.807, 2.05) is 54.6 Å². The minimum atomic E-state index is -0.737. The second-order valence-corrected chi connectivity index (χ2v) is 6.09. The van der Waals surface area contributed by atoms with Crippen LogP contribution in [-0.2, 0) is 6.42 Å². The molecule has 0 fully saturated rings. The van der Waals surface area contributed by atoms with Crippen LogP contribution in [0.3, 0.4) is 0 Å². The van der Waals surface area contributed by atoms with Gasteiger partial charge < -0.3 is 9.47 Å². The molecular weight excluding hydrogens is 324 g/mol. The van der Waals surface area contributed by atoms with E-state index < -0.39 is 6.16 Å². The Balaban J connectivity index is 1.56. The molecule has 0 aliphatic carbocycles. The summed E-state index contributed by atoms with van der Waals surface area (Å²) < 4.78 is 10.5. The number of carbonyl (C=O) groups excluding carboxylic acids is 1. The molecule has 0 N–H and O–H groups in total. The third kappa shape index (κ3) is 4.96. The monoisotopic (exact) mass is 346 g/mol. The first-order chi connectivity index (χ1) is 12.7. The Morgan fingerprint density at radius 3 is 1.85 bits per heavy atom. The first-order valence-corrected chi connectivity index (χ1v) is 8.88. The highest BCUT2D eigenvalue weighted by molar-refractivity contribution is 5.68. The van der Waals surface area contributed by atoms with E-state index in [1.54, 1.807) is 24.3 Å². The van der Waals surface area contributed by atoms with Crippen LogP contribution in [0.2, 0.25) is 0 Å². The van der Waals surface area contributed by atoms with Crippen LogP contribution in [0.5, 0.6) is 11.5 Å². The molecule has 3 rings (SSSR count). The van der Waals surface area contributed by atoms with Crippen molar-refractivity contribution < 1.29 is 14.3 Å². The third-order valence-electron chi connectivity index (χ3n) is 4.11. The van der Waals surface area contributed by atoms with Gasteiger partial charge in [-0.3, -0.25) is 0 Å². The van der Waals surface area contributed by atoms with Crippen molar-refractivity contribution in [2.24, 2.45) is 0 Å². The van der Waals surface area contributed by atoms with Gasteiger partial charge in [-0.25, -0.2) is 4.79 Å². The highest BCUT2D eigenvalue weighted by Crippen LogP contribution is 2.22. The maximum absolute atomic E-state index is 11.9. The molecule has 3 nitrogen and oxygen atoms in total. The summed E-state index contributed by atoms with van der Waals surface area (Å²) in [6.07, 6.45) is 2.61. The van der Waals surface area contributed by atoms with Crippen LogP contribution in [-0.4, -0.2) is 6.16 Å². The smallest absolute Gasteiger partial charge is 0.395 e. The summed E-state index contributed by atoms with van der Waals surface area (Å²) in [6.45, 7) is 2.17. The van der Waals surface area contributed by atoms with Gasteiger partial charge in [0.25, 0.3) is 0 Å². The van der Waals surface area contributed by atoms with Crippen LogP contribution >= 0.6 is 0 Å². The molecule has 3 aromatic carbocycles. The van der Waals surface area contributed by atoms with Crippen LogP contribution in [0.1, 0.15) is 25.3 Å². The number of ether oxygens (including phenoxy) is 2. The zero-order chi connectivity index (χ0) is 18.2. The first-order valence-electron chi connectivity index (χ1n) is 8.88. The molecule has 0 aromatic heterocycles. The molecule has 0 atom stereocenters. The van der Waals surface area contributed by atoms with E-state index >= 15 is 0 Å². The van der Waals surface area contributed by atoms with Crippen molar-refractivity contribution in [3.8, 4) is 22.6 Å². The number of rotatable bonds is 6. The third-order valence-corrected chi connectivity index (χ3v) is 4.11. The van der Waals surface area contributed by atoms with Crippen LogP contribution < -0.4 is 9.47 Å². The molecule has 26 heavy (non-hydrogen) atoms. The van der Waals surface area contributed by atoms with Crippen LogP contribution in [0, 0.1) is 0 Å². The lowest BCUT2D eigenvalue weighted by Crippen LogP contribution is -2.13. The Bertz CT molecular complexity index is 822. The molecule has 0 amide bonds. The molecule has 0 saturated heterocycles. The summed E-state index contributed by atoms with van der Waals surface area (Å²) in [7, 11) is 0. The molecular formula is C23H22O3. The molecule has 0 heterocycles. The van der Waals surface area contributed by atoms with E-state index in [2.05, 4.69) is 6.92 Å². The average molecular weight is 346 g/mol. The van der Waals surface area contributed by atoms with Crippen molar-refractivity contribution in [1.29, 1.82) is 0 Å². The molecule has 0 bridgehead atoms. The van der Waals surface area contributed by atoms with Gasteiger partial charge >= 0.3 is 6.16 Å². The average Bonchev–Trinajstić information content (AvgIpc) is 2.69. The molecule has 132 valence electrons. The molecule has 0 aliphatic heterocycles. The zero-order valence-electron chi connectivity index (χ0n) is 14.9. The van der Waals surface area contributed by atoms with Gasteiger partial charge in [0.1, 0.15) is 11.5 Å². The number of unbranched alkanes of at least 4 members (excludes halogenated alkanes) is 1. The summed E-state index contributed by atoms with van der Waals surface area (Å²) in [5.41, 5.74) is 3.42. The minimum Gasteiger partial charge on any atom is -0.395 e. The van der Waals surface area contributed by atoms with Crippen molar-refractivity contribution >= 4 is 6.16 Å². The summed E-state index contributed by atoms with van der Waals surface area (Å²) in [4.78, 5) is 11.9. The van der Waals surface area contributed by atoms with Crippen LogP contribution in [0.25, 0.3) is 11.1 Å². The van der Waals surface area contributed by atoms with Gasteiger partial charge in [0.15, 0.2) is 0 Å². The molecule has 3 heteroatoms. The molecule has 3 aromatic rings. The highest BCUT2D eigenvalue weighted by atomic mass is 16.7. The topological polar surface area (TPSA) is 35.5 Å². The van der Waals surface area contributed by atoms with Gasteiger partial charge in [-0.05, 0) is 53.8 Å². The Morgan fingerprint density at radius 2 is 1.27 bits per heavy atom. The summed E-state index contributed by atoms with van der Waals surface area (Å²) in [5, 5.41) is 0. The summed E-state index contributed by atoms with van der Waals surface area (Å²) >= 11 is 0. The summed E-state index contributed by atoms with van der Waals surface area (Å²) in [5.74, 6) is 0.936. The SMILES string of the molecule is CCCCc1ccc(OC(=O)Oc2ccc(-c3ccccc3)cc2)cc1.